The largest absolute Gasteiger partial charge is 0.330 e. The summed E-state index contributed by atoms with van der Waals surface area (Å²) in [7, 11) is 1.96. The van der Waals surface area contributed by atoms with Crippen LogP contribution in [0.2, 0.25) is 5.02 Å². The monoisotopic (exact) mass is 270 g/mol. The van der Waals surface area contributed by atoms with Crippen molar-refractivity contribution in [2.75, 3.05) is 13.1 Å². The molecule has 0 spiro atoms. The van der Waals surface area contributed by atoms with Crippen LogP contribution < -0.4 is 5.73 Å². The second-order valence-electron chi connectivity index (χ2n) is 5.43. The van der Waals surface area contributed by atoms with Crippen LogP contribution >= 0.6 is 11.6 Å². The normalized spacial score (nSPS) is 25.6. The third-order valence-electron chi connectivity index (χ3n) is 4.06. The van der Waals surface area contributed by atoms with E-state index in [-0.39, 0.29) is 0 Å². The van der Waals surface area contributed by atoms with E-state index in [0.717, 1.165) is 36.0 Å². The summed E-state index contributed by atoms with van der Waals surface area (Å²) in [6, 6.07) is 0.596. The molecule has 18 heavy (non-hydrogen) atoms. The van der Waals surface area contributed by atoms with Crippen molar-refractivity contribution in [1.29, 1.82) is 0 Å². The molecule has 2 N–H and O–H groups in total. The molecule has 1 aromatic heterocycles. The molecular formula is C13H23ClN4. The molecule has 0 saturated carbocycles. The molecule has 0 aliphatic carbocycles. The van der Waals surface area contributed by atoms with Crippen LogP contribution in [0.4, 0.5) is 0 Å². The number of hydrogen-bond donors (Lipinski definition) is 1. The van der Waals surface area contributed by atoms with Gasteiger partial charge in [-0.3, -0.25) is 9.58 Å². The first-order valence-corrected chi connectivity index (χ1v) is 7.02. The number of hydrogen-bond acceptors (Lipinski definition) is 3. The van der Waals surface area contributed by atoms with Crippen molar-refractivity contribution < 1.29 is 0 Å². The van der Waals surface area contributed by atoms with E-state index >= 15 is 0 Å². The lowest BCUT2D eigenvalue weighted by atomic mass is 9.93. The summed E-state index contributed by atoms with van der Waals surface area (Å²) in [5, 5.41) is 5.18. The highest BCUT2D eigenvalue weighted by Crippen LogP contribution is 2.26. The zero-order chi connectivity index (χ0) is 13.3. The summed E-state index contributed by atoms with van der Waals surface area (Å²) in [6.45, 7) is 6.95. The zero-order valence-corrected chi connectivity index (χ0v) is 12.2. The predicted octanol–water partition coefficient (Wildman–Crippen LogP) is 1.94. The maximum Gasteiger partial charge on any atom is 0.0860 e. The van der Waals surface area contributed by atoms with Gasteiger partial charge in [-0.05, 0) is 39.2 Å². The molecule has 0 aromatic carbocycles. The molecule has 1 fully saturated rings. The Labute approximate surface area is 114 Å². The van der Waals surface area contributed by atoms with E-state index in [1.54, 1.807) is 0 Å². The quantitative estimate of drug-likeness (QED) is 0.913. The van der Waals surface area contributed by atoms with Gasteiger partial charge in [0, 0.05) is 26.2 Å². The van der Waals surface area contributed by atoms with Crippen molar-refractivity contribution in [2.45, 2.75) is 39.3 Å². The fraction of sp³-hybridized carbons (Fsp3) is 0.769. The molecule has 1 saturated heterocycles. The smallest absolute Gasteiger partial charge is 0.0860 e. The van der Waals surface area contributed by atoms with Gasteiger partial charge in [0.25, 0.3) is 0 Å². The molecule has 4 nitrogen and oxygen atoms in total. The molecule has 2 atom stereocenters. The molecule has 2 heterocycles. The lowest BCUT2D eigenvalue weighted by Crippen LogP contribution is -2.43. The van der Waals surface area contributed by atoms with Crippen LogP contribution in [0, 0.1) is 12.8 Å². The second-order valence-corrected chi connectivity index (χ2v) is 5.81. The SMILES string of the molecule is Cc1nn(C)c(CN2CC(CN)CCC2C)c1Cl. The lowest BCUT2D eigenvalue weighted by molar-refractivity contribution is 0.110. The molecule has 102 valence electrons. The Balaban J connectivity index is 2.11. The Bertz CT molecular complexity index is 415. The highest BCUT2D eigenvalue weighted by atomic mass is 35.5. The lowest BCUT2D eigenvalue weighted by Gasteiger charge is -2.37. The van der Waals surface area contributed by atoms with E-state index in [1.165, 1.54) is 12.8 Å². The number of rotatable bonds is 3. The topological polar surface area (TPSA) is 47.1 Å². The number of likely N-dealkylation sites (tertiary alicyclic amines) is 1. The number of halogens is 1. The van der Waals surface area contributed by atoms with Crippen molar-refractivity contribution in [3.05, 3.63) is 16.4 Å². The standard InChI is InChI=1S/C13H23ClN4/c1-9-4-5-11(6-15)7-18(9)8-12-13(14)10(2)16-17(12)3/h9,11H,4-8,15H2,1-3H3. The maximum absolute atomic E-state index is 6.32. The van der Waals surface area contributed by atoms with Crippen LogP contribution in [0.3, 0.4) is 0 Å². The average molecular weight is 271 g/mol. The van der Waals surface area contributed by atoms with E-state index in [4.69, 9.17) is 17.3 Å². The van der Waals surface area contributed by atoms with Crippen molar-refractivity contribution in [1.82, 2.24) is 14.7 Å². The number of aromatic nitrogens is 2. The van der Waals surface area contributed by atoms with Crippen molar-refractivity contribution in [2.24, 2.45) is 18.7 Å². The van der Waals surface area contributed by atoms with Crippen LogP contribution in [0.1, 0.15) is 31.2 Å². The van der Waals surface area contributed by atoms with E-state index in [9.17, 15) is 0 Å². The number of nitrogens with zero attached hydrogens (tertiary/aromatic N) is 3. The Kier molecular flexibility index (Phi) is 4.30. The molecule has 1 aliphatic heterocycles. The van der Waals surface area contributed by atoms with E-state index < -0.39 is 0 Å². The molecule has 2 unspecified atom stereocenters. The molecule has 1 aromatic rings. The number of aryl methyl sites for hydroxylation is 2. The molecule has 0 radical (unpaired) electrons. The van der Waals surface area contributed by atoms with E-state index in [1.807, 2.05) is 18.7 Å². The second kappa shape index (κ2) is 5.59. The molecule has 0 amide bonds. The van der Waals surface area contributed by atoms with Gasteiger partial charge >= 0.3 is 0 Å². The van der Waals surface area contributed by atoms with Crippen LogP contribution in [-0.4, -0.2) is 33.8 Å². The van der Waals surface area contributed by atoms with Crippen LogP contribution in [0.5, 0.6) is 0 Å². The molecule has 5 heteroatoms. The first-order valence-electron chi connectivity index (χ1n) is 6.65. The van der Waals surface area contributed by atoms with Gasteiger partial charge < -0.3 is 5.73 Å². The molecule has 1 aliphatic rings. The number of nitrogens with two attached hydrogens (primary N) is 1. The van der Waals surface area contributed by atoms with Gasteiger partial charge in [-0.2, -0.15) is 5.10 Å². The third kappa shape index (κ3) is 2.71. The first-order chi connectivity index (χ1) is 8.52. The van der Waals surface area contributed by atoms with Gasteiger partial charge in [0.05, 0.1) is 16.4 Å². The summed E-state index contributed by atoms with van der Waals surface area (Å²) < 4.78 is 1.90. The highest BCUT2D eigenvalue weighted by Gasteiger charge is 2.26. The zero-order valence-electron chi connectivity index (χ0n) is 11.5. The van der Waals surface area contributed by atoms with Gasteiger partial charge in [0.15, 0.2) is 0 Å². The summed E-state index contributed by atoms with van der Waals surface area (Å²) in [4.78, 5) is 2.48. The molecular weight excluding hydrogens is 248 g/mol. The fourth-order valence-electron chi connectivity index (χ4n) is 2.72. The van der Waals surface area contributed by atoms with Crippen LogP contribution in [0.25, 0.3) is 0 Å². The van der Waals surface area contributed by atoms with Gasteiger partial charge in [0.2, 0.25) is 0 Å². The predicted molar refractivity (Wildman–Crippen MR) is 74.6 cm³/mol. The summed E-state index contributed by atoms with van der Waals surface area (Å²) >= 11 is 6.32. The minimum Gasteiger partial charge on any atom is -0.330 e. The summed E-state index contributed by atoms with van der Waals surface area (Å²) in [5.41, 5.74) is 7.82. The Morgan fingerprint density at radius 3 is 2.72 bits per heavy atom. The van der Waals surface area contributed by atoms with Crippen molar-refractivity contribution in [3.63, 3.8) is 0 Å². The van der Waals surface area contributed by atoms with E-state index in [0.29, 0.717) is 12.0 Å². The Morgan fingerprint density at radius 2 is 2.17 bits per heavy atom. The van der Waals surface area contributed by atoms with E-state index in [2.05, 4.69) is 16.9 Å². The number of piperidine rings is 1. The highest BCUT2D eigenvalue weighted by molar-refractivity contribution is 6.31. The summed E-state index contributed by atoms with van der Waals surface area (Å²) in [5.74, 6) is 0.620. The van der Waals surface area contributed by atoms with Gasteiger partial charge in [-0.25, -0.2) is 0 Å². The fourth-order valence-corrected chi connectivity index (χ4v) is 2.94. The van der Waals surface area contributed by atoms with Crippen LogP contribution in [-0.2, 0) is 13.6 Å². The van der Waals surface area contributed by atoms with Gasteiger partial charge in [-0.1, -0.05) is 11.6 Å². The van der Waals surface area contributed by atoms with Crippen molar-refractivity contribution in [3.8, 4) is 0 Å². The molecule has 2 rings (SSSR count). The Hall–Kier alpha value is -0.580. The van der Waals surface area contributed by atoms with Gasteiger partial charge in [0.1, 0.15) is 0 Å². The Morgan fingerprint density at radius 1 is 1.44 bits per heavy atom. The third-order valence-corrected chi connectivity index (χ3v) is 4.55. The maximum atomic E-state index is 6.32. The van der Waals surface area contributed by atoms with Gasteiger partial charge in [-0.15, -0.1) is 0 Å². The minimum atomic E-state index is 0.596. The van der Waals surface area contributed by atoms with Crippen molar-refractivity contribution >= 4 is 11.6 Å². The first kappa shape index (κ1) is 13.8. The van der Waals surface area contributed by atoms with Crippen LogP contribution in [0.15, 0.2) is 0 Å². The average Bonchev–Trinajstić information content (AvgIpc) is 2.58. The minimum absolute atomic E-state index is 0.596. The molecule has 0 bridgehead atoms. The summed E-state index contributed by atoms with van der Waals surface area (Å²) in [6.07, 6.45) is 2.46.